The van der Waals surface area contributed by atoms with E-state index < -0.39 is 0 Å². The molecular weight excluding hydrogens is 489 g/mol. The zero-order valence-corrected chi connectivity index (χ0v) is 20.4. The van der Waals surface area contributed by atoms with Gasteiger partial charge in [0.05, 0.1) is 0 Å². The van der Waals surface area contributed by atoms with Gasteiger partial charge in [0.15, 0.2) is 11.8 Å². The van der Waals surface area contributed by atoms with E-state index in [0.29, 0.717) is 29.6 Å². The van der Waals surface area contributed by atoms with Gasteiger partial charge in [-0.2, -0.15) is 16.7 Å². The van der Waals surface area contributed by atoms with Gasteiger partial charge in [0.1, 0.15) is 12.6 Å². The summed E-state index contributed by atoms with van der Waals surface area (Å²) in [5.41, 5.74) is 0. The number of ether oxygens (including phenoxy) is 1. The van der Waals surface area contributed by atoms with Crippen molar-refractivity contribution in [2.24, 2.45) is 4.99 Å². The Morgan fingerprint density at radius 2 is 2.14 bits per heavy atom. The van der Waals surface area contributed by atoms with Crippen LogP contribution in [0.15, 0.2) is 9.52 Å². The molecule has 1 aliphatic carbocycles. The molecule has 0 amide bonds. The number of hydrogen-bond donors (Lipinski definition) is 1. The Hall–Kier alpha value is -0.550. The maximum absolute atomic E-state index is 5.52. The molecule has 2 heterocycles. The number of halogens is 1. The summed E-state index contributed by atoms with van der Waals surface area (Å²) in [5, 5.41) is 7.47. The number of thioether (sulfide) groups is 1. The van der Waals surface area contributed by atoms with Gasteiger partial charge in [-0.05, 0) is 33.6 Å². The molecule has 2 aliphatic rings. The van der Waals surface area contributed by atoms with Crippen LogP contribution < -0.4 is 5.32 Å². The lowest BCUT2D eigenvalue weighted by Gasteiger charge is -2.45. The molecule has 1 unspecified atom stereocenters. The molecule has 1 aliphatic heterocycles. The van der Waals surface area contributed by atoms with Crippen molar-refractivity contribution in [3.8, 4) is 0 Å². The lowest BCUT2D eigenvalue weighted by atomic mass is 9.87. The summed E-state index contributed by atoms with van der Waals surface area (Å²) in [6.45, 7) is 9.99. The summed E-state index contributed by atoms with van der Waals surface area (Å²) in [6.07, 6.45) is 6.60. The first-order valence-corrected chi connectivity index (χ1v) is 11.3. The highest BCUT2D eigenvalue weighted by Gasteiger charge is 2.38. The minimum absolute atomic E-state index is 0. The fraction of sp³-hybridized carbons (Fsp3) is 0.842. The van der Waals surface area contributed by atoms with Gasteiger partial charge >= 0.3 is 0 Å². The average Bonchev–Trinajstić information content (AvgIpc) is 3.15. The maximum Gasteiger partial charge on any atom is 0.248 e. The second-order valence-corrected chi connectivity index (χ2v) is 8.89. The van der Waals surface area contributed by atoms with Gasteiger partial charge in [0.25, 0.3) is 0 Å². The van der Waals surface area contributed by atoms with Crippen LogP contribution in [0.4, 0.5) is 0 Å². The molecule has 0 bridgehead atoms. The second-order valence-electron chi connectivity index (χ2n) is 7.33. The van der Waals surface area contributed by atoms with Crippen molar-refractivity contribution in [3.05, 3.63) is 11.7 Å². The minimum Gasteiger partial charge on any atom is -0.371 e. The first-order valence-electron chi connectivity index (χ1n) is 10.3. The Kier molecular flexibility index (Phi) is 9.82. The summed E-state index contributed by atoms with van der Waals surface area (Å²) in [7, 11) is 0. The Bertz CT molecular complexity index is 616. The van der Waals surface area contributed by atoms with E-state index in [1.54, 1.807) is 0 Å². The van der Waals surface area contributed by atoms with E-state index in [2.05, 4.69) is 39.0 Å². The molecule has 3 rings (SSSR count). The molecule has 1 saturated carbocycles. The highest BCUT2D eigenvalue weighted by molar-refractivity contribution is 14.0. The van der Waals surface area contributed by atoms with Crippen LogP contribution in [0.3, 0.4) is 0 Å². The van der Waals surface area contributed by atoms with Crippen LogP contribution in [0.1, 0.15) is 70.7 Å². The van der Waals surface area contributed by atoms with E-state index in [4.69, 9.17) is 14.3 Å². The Balaban J connectivity index is 0.00000280. The zero-order valence-electron chi connectivity index (χ0n) is 17.3. The maximum atomic E-state index is 5.52. The normalized spacial score (nSPS) is 20.7. The van der Waals surface area contributed by atoms with Crippen LogP contribution in [0, 0.1) is 0 Å². The van der Waals surface area contributed by atoms with Gasteiger partial charge in [-0.25, -0.2) is 4.99 Å². The van der Waals surface area contributed by atoms with Crippen molar-refractivity contribution in [2.45, 2.75) is 70.3 Å². The monoisotopic (exact) mass is 523 g/mol. The Labute approximate surface area is 189 Å². The van der Waals surface area contributed by atoms with Crippen LogP contribution in [-0.4, -0.2) is 57.7 Å². The summed E-state index contributed by atoms with van der Waals surface area (Å²) in [4.78, 5) is 11.6. The van der Waals surface area contributed by atoms with Crippen LogP contribution in [0.25, 0.3) is 0 Å². The topological polar surface area (TPSA) is 75.8 Å². The van der Waals surface area contributed by atoms with Crippen LogP contribution in [0.2, 0.25) is 0 Å². The van der Waals surface area contributed by atoms with E-state index in [1.165, 1.54) is 37.9 Å². The van der Waals surface area contributed by atoms with Crippen molar-refractivity contribution in [2.75, 3.05) is 32.0 Å². The number of hydrogen-bond acceptors (Lipinski definition) is 6. The highest BCUT2D eigenvalue weighted by atomic mass is 127. The molecule has 0 aromatic carbocycles. The number of nitrogens with zero attached hydrogens (tertiary/aromatic N) is 4. The zero-order chi connectivity index (χ0) is 19.1. The molecule has 7 nitrogen and oxygen atoms in total. The van der Waals surface area contributed by atoms with E-state index in [0.717, 1.165) is 25.6 Å². The lowest BCUT2D eigenvalue weighted by Crippen LogP contribution is -2.53. The fourth-order valence-corrected chi connectivity index (χ4v) is 5.48. The summed E-state index contributed by atoms with van der Waals surface area (Å²) < 4.78 is 11.3. The average molecular weight is 523 g/mol. The van der Waals surface area contributed by atoms with Crippen molar-refractivity contribution in [1.29, 1.82) is 0 Å². The Morgan fingerprint density at radius 1 is 1.36 bits per heavy atom. The molecule has 28 heavy (non-hydrogen) atoms. The van der Waals surface area contributed by atoms with Crippen molar-refractivity contribution in [1.82, 2.24) is 20.4 Å². The summed E-state index contributed by atoms with van der Waals surface area (Å²) in [5.74, 6) is 3.25. The number of aliphatic imine (C=N–C) groups is 1. The second kappa shape index (κ2) is 11.6. The van der Waals surface area contributed by atoms with Gasteiger partial charge < -0.3 is 19.5 Å². The largest absolute Gasteiger partial charge is 0.371 e. The van der Waals surface area contributed by atoms with Crippen LogP contribution in [0.5, 0.6) is 0 Å². The van der Waals surface area contributed by atoms with E-state index in [9.17, 15) is 0 Å². The standard InChI is InChI=1S/C19H33N5O2S.HI/c1-4-20-18(21-13-16-22-17(23-26-16)15(3)25-5-2)24-11-12-27-19(14-24)9-7-6-8-10-19;/h15H,4-14H2,1-3H3,(H,20,21);1H. The molecular formula is C19H34IN5O2S. The SMILES string of the molecule is CCNC(=NCc1nc(C(C)OCC)no1)N1CCSC2(CCCCC2)C1.I. The van der Waals surface area contributed by atoms with Crippen molar-refractivity contribution in [3.63, 3.8) is 0 Å². The van der Waals surface area contributed by atoms with Gasteiger partial charge in [0.2, 0.25) is 5.89 Å². The quantitative estimate of drug-likeness (QED) is 0.343. The predicted molar refractivity (Wildman–Crippen MR) is 124 cm³/mol. The number of aromatic nitrogens is 2. The summed E-state index contributed by atoms with van der Waals surface area (Å²) in [6, 6.07) is 0. The smallest absolute Gasteiger partial charge is 0.248 e. The molecule has 1 spiro atoms. The van der Waals surface area contributed by atoms with Gasteiger partial charge in [-0.3, -0.25) is 0 Å². The fourth-order valence-electron chi connectivity index (χ4n) is 3.91. The first kappa shape index (κ1) is 23.7. The van der Waals surface area contributed by atoms with Crippen LogP contribution in [-0.2, 0) is 11.3 Å². The molecule has 1 saturated heterocycles. The lowest BCUT2D eigenvalue weighted by molar-refractivity contribution is 0.0683. The molecule has 9 heteroatoms. The van der Waals surface area contributed by atoms with Crippen molar-refractivity contribution >= 4 is 41.7 Å². The molecule has 2 fully saturated rings. The first-order chi connectivity index (χ1) is 13.2. The molecule has 1 aromatic heterocycles. The van der Waals surface area contributed by atoms with E-state index in [-0.39, 0.29) is 30.1 Å². The van der Waals surface area contributed by atoms with Gasteiger partial charge in [0, 0.05) is 36.7 Å². The number of nitrogens with one attached hydrogen (secondary N) is 1. The summed E-state index contributed by atoms with van der Waals surface area (Å²) >= 11 is 2.17. The van der Waals surface area contributed by atoms with Gasteiger partial charge in [-0.1, -0.05) is 24.4 Å². The van der Waals surface area contributed by atoms with E-state index in [1.807, 2.05) is 13.8 Å². The van der Waals surface area contributed by atoms with E-state index >= 15 is 0 Å². The highest BCUT2D eigenvalue weighted by Crippen LogP contribution is 2.42. The molecule has 0 radical (unpaired) electrons. The van der Waals surface area contributed by atoms with Crippen molar-refractivity contribution < 1.29 is 9.26 Å². The molecule has 1 atom stereocenters. The number of rotatable bonds is 6. The predicted octanol–water partition coefficient (Wildman–Crippen LogP) is 4.00. The third-order valence-corrected chi connectivity index (χ3v) is 6.81. The Morgan fingerprint density at radius 3 is 2.86 bits per heavy atom. The minimum atomic E-state index is -0.157. The molecule has 160 valence electrons. The number of guanidine groups is 1. The molecule has 1 aromatic rings. The third kappa shape index (κ3) is 6.22. The van der Waals surface area contributed by atoms with Gasteiger partial charge in [-0.15, -0.1) is 24.0 Å². The third-order valence-electron chi connectivity index (χ3n) is 5.28. The van der Waals surface area contributed by atoms with Crippen LogP contribution >= 0.6 is 35.7 Å². The molecule has 1 N–H and O–H groups in total.